The minimum atomic E-state index is -4.68. The van der Waals surface area contributed by atoms with E-state index in [2.05, 4.69) is 15.6 Å². The number of benzene rings is 1. The molecule has 2 unspecified atom stereocenters. The summed E-state index contributed by atoms with van der Waals surface area (Å²) in [7, 11) is 0. The first-order valence-corrected chi connectivity index (χ1v) is 12.0. The van der Waals surface area contributed by atoms with Crippen molar-refractivity contribution >= 4 is 17.6 Å². The van der Waals surface area contributed by atoms with Gasteiger partial charge in [0.2, 0.25) is 0 Å². The number of nitrogens with zero attached hydrogens (tertiary/aromatic N) is 3. The van der Waals surface area contributed by atoms with E-state index in [1.165, 1.54) is 12.1 Å². The second-order valence-electron chi connectivity index (χ2n) is 9.86. The highest BCUT2D eigenvalue weighted by atomic mass is 19.4. The third-order valence-electron chi connectivity index (χ3n) is 7.13. The second-order valence-corrected chi connectivity index (χ2v) is 9.86. The minimum Gasteiger partial charge on any atom is -0.484 e. The van der Waals surface area contributed by atoms with Crippen LogP contribution in [0.25, 0.3) is 0 Å². The molecule has 1 aromatic heterocycles. The molecule has 1 spiro atoms. The van der Waals surface area contributed by atoms with Crippen molar-refractivity contribution in [3.8, 4) is 5.75 Å². The third kappa shape index (κ3) is 5.01. The number of fused-ring (bicyclic) bond motifs is 3. The van der Waals surface area contributed by atoms with Gasteiger partial charge >= 0.3 is 12.4 Å². The van der Waals surface area contributed by atoms with Gasteiger partial charge < -0.3 is 20.2 Å². The second kappa shape index (κ2) is 9.16. The first-order valence-electron chi connectivity index (χ1n) is 12.0. The van der Waals surface area contributed by atoms with Gasteiger partial charge in [-0.1, -0.05) is 18.1 Å². The Morgan fingerprint density at radius 2 is 1.97 bits per heavy atom. The molecule has 1 aromatic carbocycles. The van der Waals surface area contributed by atoms with Crippen LogP contribution in [0, 0.1) is 5.92 Å². The Bertz CT molecular complexity index is 1370. The summed E-state index contributed by atoms with van der Waals surface area (Å²) in [6, 6.07) is 4.44. The molecule has 3 aliphatic rings. The van der Waals surface area contributed by atoms with Gasteiger partial charge in [0.25, 0.3) is 11.8 Å². The topological polar surface area (TPSA) is 107 Å². The molecular weight excluding hydrogens is 536 g/mol. The number of aromatic nitrogens is 2. The van der Waals surface area contributed by atoms with Crippen LogP contribution >= 0.6 is 0 Å². The lowest BCUT2D eigenvalue weighted by atomic mass is 9.82. The van der Waals surface area contributed by atoms with Crippen LogP contribution in [0.15, 0.2) is 23.4 Å². The molecule has 1 aliphatic carbocycles. The number of carbonyl (C=O) groups excluding carboxylic acids is 2. The first kappa shape index (κ1) is 26.8. The molecule has 3 heterocycles. The molecule has 39 heavy (non-hydrogen) atoms. The van der Waals surface area contributed by atoms with Crippen molar-refractivity contribution in [2.75, 3.05) is 13.2 Å². The van der Waals surface area contributed by atoms with Crippen molar-refractivity contribution in [1.82, 2.24) is 20.4 Å². The first-order chi connectivity index (χ1) is 18.2. The van der Waals surface area contributed by atoms with E-state index in [4.69, 9.17) is 9.57 Å². The van der Waals surface area contributed by atoms with Crippen LogP contribution in [-0.4, -0.2) is 59.0 Å². The molecule has 5 rings (SSSR count). The minimum absolute atomic E-state index is 0.0289. The van der Waals surface area contributed by atoms with E-state index in [0.29, 0.717) is 24.0 Å². The number of aryl methyl sites for hydroxylation is 1. The fourth-order valence-electron chi connectivity index (χ4n) is 5.12. The highest BCUT2D eigenvalue weighted by Gasteiger charge is 2.48. The summed E-state index contributed by atoms with van der Waals surface area (Å²) in [5.74, 6) is -2.07. The van der Waals surface area contributed by atoms with E-state index in [1.54, 1.807) is 25.2 Å². The van der Waals surface area contributed by atoms with Gasteiger partial charge in [-0.3, -0.25) is 9.59 Å². The Kier molecular flexibility index (Phi) is 6.30. The van der Waals surface area contributed by atoms with Crippen LogP contribution in [0.2, 0.25) is 0 Å². The number of hydrogen-bond donors (Lipinski definition) is 2. The lowest BCUT2D eigenvalue weighted by Crippen LogP contribution is -2.50. The third-order valence-corrected chi connectivity index (χ3v) is 7.13. The smallest absolute Gasteiger partial charge is 0.422 e. The van der Waals surface area contributed by atoms with Crippen molar-refractivity contribution in [2.45, 2.75) is 57.1 Å². The van der Waals surface area contributed by atoms with Crippen LogP contribution in [0.5, 0.6) is 5.75 Å². The fraction of sp³-hybridized carbons (Fsp3) is 0.500. The summed E-state index contributed by atoms with van der Waals surface area (Å²) in [5, 5.41) is 13.1. The maximum absolute atomic E-state index is 13.4. The summed E-state index contributed by atoms with van der Waals surface area (Å²) in [4.78, 5) is 31.7. The molecular formula is C24H23F6N5O4. The lowest BCUT2D eigenvalue weighted by Gasteiger charge is -2.35. The molecule has 15 heteroatoms. The predicted octanol–water partition coefficient (Wildman–Crippen LogP) is 3.46. The number of nitrogens with one attached hydrogen (secondary N) is 2. The standard InChI is InChI=1S/C24H23F6N5O4/c1-11-12(2)39-34-19(11)35-18(21(37)31-9-23(25,26)27)17-16(33-35)8-22(32-20(17)36)6-5-13-7-14(3-4-15(13)22)38-10-24(28,29)30/h3-4,7,11-12H,5-6,8-10H2,1-2H3,(H,31,37)(H,32,36)/t11?,12?,22-/m0/s1. The zero-order valence-corrected chi connectivity index (χ0v) is 20.7. The van der Waals surface area contributed by atoms with Crippen LogP contribution in [0.1, 0.15) is 57.9 Å². The number of rotatable bonds is 4. The van der Waals surface area contributed by atoms with Crippen molar-refractivity contribution < 1.29 is 45.5 Å². The Morgan fingerprint density at radius 1 is 1.23 bits per heavy atom. The number of alkyl halides is 6. The van der Waals surface area contributed by atoms with Gasteiger partial charge in [0.05, 0.1) is 22.7 Å². The van der Waals surface area contributed by atoms with E-state index < -0.39 is 49.0 Å². The predicted molar refractivity (Wildman–Crippen MR) is 122 cm³/mol. The quantitative estimate of drug-likeness (QED) is 0.559. The molecule has 2 amide bonds. The van der Waals surface area contributed by atoms with Gasteiger partial charge in [0.15, 0.2) is 12.4 Å². The average Bonchev–Trinajstić information content (AvgIpc) is 3.49. The van der Waals surface area contributed by atoms with Gasteiger partial charge in [0, 0.05) is 6.42 Å². The van der Waals surface area contributed by atoms with Gasteiger partial charge in [-0.15, -0.1) is 0 Å². The van der Waals surface area contributed by atoms with E-state index >= 15 is 0 Å². The largest absolute Gasteiger partial charge is 0.484 e. The zero-order chi connectivity index (χ0) is 28.3. The van der Waals surface area contributed by atoms with Crippen molar-refractivity contribution in [2.24, 2.45) is 11.1 Å². The molecule has 2 N–H and O–H groups in total. The molecule has 0 bridgehead atoms. The lowest BCUT2D eigenvalue weighted by molar-refractivity contribution is -0.153. The summed E-state index contributed by atoms with van der Waals surface area (Å²) in [5.41, 5.74) is -0.0321. The summed E-state index contributed by atoms with van der Waals surface area (Å²) < 4.78 is 82.1. The molecule has 0 fully saturated rings. The molecule has 0 saturated carbocycles. The van der Waals surface area contributed by atoms with E-state index in [-0.39, 0.29) is 40.9 Å². The van der Waals surface area contributed by atoms with Gasteiger partial charge in [-0.2, -0.15) is 31.4 Å². The van der Waals surface area contributed by atoms with Gasteiger partial charge in [-0.25, -0.2) is 4.68 Å². The summed E-state index contributed by atoms with van der Waals surface area (Å²) in [6.45, 7) is 0.399. The Hall–Kier alpha value is -3.78. The van der Waals surface area contributed by atoms with E-state index in [9.17, 15) is 35.9 Å². The molecule has 0 saturated heterocycles. The number of oxime groups is 1. The van der Waals surface area contributed by atoms with Crippen molar-refractivity contribution in [3.05, 3.63) is 46.3 Å². The number of halogens is 6. The maximum Gasteiger partial charge on any atom is 0.422 e. The van der Waals surface area contributed by atoms with Crippen LogP contribution in [-0.2, 0) is 23.2 Å². The van der Waals surface area contributed by atoms with Crippen molar-refractivity contribution in [1.29, 1.82) is 0 Å². The molecule has 3 atom stereocenters. The molecule has 2 aliphatic heterocycles. The number of carbonyl (C=O) groups is 2. The zero-order valence-electron chi connectivity index (χ0n) is 20.7. The molecule has 2 aromatic rings. The summed E-state index contributed by atoms with van der Waals surface area (Å²) >= 11 is 0. The highest BCUT2D eigenvalue weighted by molar-refractivity contribution is 6.10. The van der Waals surface area contributed by atoms with E-state index in [0.717, 1.165) is 4.68 Å². The number of hydrogen-bond acceptors (Lipinski definition) is 6. The Labute approximate surface area is 217 Å². The Morgan fingerprint density at radius 3 is 2.62 bits per heavy atom. The van der Waals surface area contributed by atoms with Crippen LogP contribution in [0.3, 0.4) is 0 Å². The van der Waals surface area contributed by atoms with E-state index in [1.807, 2.05) is 0 Å². The number of ether oxygens (including phenoxy) is 1. The van der Waals surface area contributed by atoms with Crippen molar-refractivity contribution in [3.63, 3.8) is 0 Å². The maximum atomic E-state index is 13.4. The monoisotopic (exact) mass is 559 g/mol. The molecule has 0 radical (unpaired) electrons. The average molecular weight is 559 g/mol. The number of amides is 2. The van der Waals surface area contributed by atoms with Gasteiger partial charge in [0.1, 0.15) is 24.1 Å². The van der Waals surface area contributed by atoms with Crippen LogP contribution in [0.4, 0.5) is 26.3 Å². The fourth-order valence-corrected chi connectivity index (χ4v) is 5.12. The summed E-state index contributed by atoms with van der Waals surface area (Å²) in [6.07, 6.45) is -8.68. The van der Waals surface area contributed by atoms with Gasteiger partial charge in [-0.05, 0) is 43.0 Å². The molecule has 9 nitrogen and oxygen atoms in total. The Balaban J connectivity index is 1.51. The molecule has 210 valence electrons. The SMILES string of the molecule is CC1ON=C(n2nc3c(c2C(=O)NCC(F)(F)F)C(=O)N[C@@]2(CCc4cc(OCC(F)(F)F)ccc42)C3)C1C. The van der Waals surface area contributed by atoms with Crippen LogP contribution < -0.4 is 15.4 Å². The normalized spacial score (nSPS) is 24.1. The highest BCUT2D eigenvalue weighted by Crippen LogP contribution is 2.44.